The molecule has 0 saturated carbocycles. The first-order chi connectivity index (χ1) is 21.4. The van der Waals surface area contributed by atoms with Gasteiger partial charge in [0, 0.05) is 26.7 Å². The van der Waals surface area contributed by atoms with Gasteiger partial charge in [-0.25, -0.2) is 0 Å². The van der Waals surface area contributed by atoms with Crippen molar-refractivity contribution in [1.82, 2.24) is 26.0 Å². The summed E-state index contributed by atoms with van der Waals surface area (Å²) in [5, 5.41) is 31.1. The molecule has 0 aliphatic heterocycles. The molecule has 0 unspecified atom stereocenters. The Labute approximate surface area is 260 Å². The van der Waals surface area contributed by atoms with Gasteiger partial charge in [-0.3, -0.25) is 19.2 Å². The lowest BCUT2D eigenvalue weighted by atomic mass is 10.1. The molecule has 13 heteroatoms. The molecule has 0 bridgehead atoms. The minimum absolute atomic E-state index is 0.0789. The van der Waals surface area contributed by atoms with Crippen LogP contribution in [0.3, 0.4) is 0 Å². The highest BCUT2D eigenvalue weighted by Crippen LogP contribution is 2.17. The molecule has 0 fully saturated rings. The highest BCUT2D eigenvalue weighted by molar-refractivity contribution is 6.01. The summed E-state index contributed by atoms with van der Waals surface area (Å²) < 4.78 is 10.8. The predicted molar refractivity (Wildman–Crippen MR) is 163 cm³/mol. The van der Waals surface area contributed by atoms with Gasteiger partial charge in [-0.15, -0.1) is 0 Å². The van der Waals surface area contributed by atoms with Crippen LogP contribution < -0.4 is 20.7 Å². The van der Waals surface area contributed by atoms with E-state index in [2.05, 4.69) is 21.1 Å². The number of benzene rings is 2. The minimum atomic E-state index is -1.44. The van der Waals surface area contributed by atoms with Crippen LogP contribution in [0.5, 0.6) is 5.75 Å². The third kappa shape index (κ3) is 10.0. The second-order valence-corrected chi connectivity index (χ2v) is 10.5. The third-order valence-corrected chi connectivity index (χ3v) is 6.48. The van der Waals surface area contributed by atoms with Crippen molar-refractivity contribution >= 4 is 29.7 Å². The number of amides is 4. The van der Waals surface area contributed by atoms with Crippen LogP contribution in [0.25, 0.3) is 6.08 Å². The summed E-state index contributed by atoms with van der Waals surface area (Å²) in [5.74, 6) is -1.95. The molecule has 1 aromatic heterocycles. The largest absolute Gasteiger partial charge is 0.491 e. The van der Waals surface area contributed by atoms with E-state index in [-0.39, 0.29) is 24.4 Å². The zero-order chi connectivity index (χ0) is 33.1. The number of hydrogen-bond acceptors (Lipinski definition) is 9. The van der Waals surface area contributed by atoms with Crippen molar-refractivity contribution in [2.75, 3.05) is 20.7 Å². The van der Waals surface area contributed by atoms with Crippen LogP contribution in [0.2, 0.25) is 0 Å². The van der Waals surface area contributed by atoms with Gasteiger partial charge >= 0.3 is 0 Å². The number of carbonyl (C=O) groups excluding carboxylic acids is 4. The van der Waals surface area contributed by atoms with Crippen molar-refractivity contribution in [2.24, 2.45) is 0 Å². The third-order valence-electron chi connectivity index (χ3n) is 6.48. The highest BCUT2D eigenvalue weighted by atomic mass is 16.5. The number of carbonyl (C=O) groups is 4. The lowest BCUT2D eigenvalue weighted by molar-refractivity contribution is -0.132. The molecule has 0 saturated heterocycles. The second kappa shape index (κ2) is 15.8. The monoisotopic (exact) mass is 616 g/mol. The Hall–Kier alpha value is -5.48. The minimum Gasteiger partial charge on any atom is -0.491 e. The predicted octanol–water partition coefficient (Wildman–Crippen LogP) is 1.65. The van der Waals surface area contributed by atoms with E-state index in [1.165, 1.54) is 38.1 Å². The first-order valence-electron chi connectivity index (χ1n) is 14.0. The first-order valence-corrected chi connectivity index (χ1v) is 14.0. The van der Waals surface area contributed by atoms with Crippen molar-refractivity contribution in [3.05, 3.63) is 88.3 Å². The summed E-state index contributed by atoms with van der Waals surface area (Å²) in [5.41, 5.74) is 2.23. The molecule has 3 atom stereocenters. The van der Waals surface area contributed by atoms with Crippen LogP contribution in [0.4, 0.5) is 0 Å². The standard InChI is InChI=1S/C32H36N6O7/c1-19-9-11-22(12-10-19)17-34-29(40)27(35-31(42)28(21(3)39)36-30(41)26-13-20(2)45-37-26)18-44-25-8-6-7-23(15-25)14-24(16-33)32(43)38(4)5/h6-15,21,27-28,39H,17-18H2,1-5H3,(H,34,40)(H,35,42)(H,36,41)/t21-,27+,28+/m1/s1. The maximum atomic E-state index is 13.3. The lowest BCUT2D eigenvalue weighted by Crippen LogP contribution is -2.58. The molecular formula is C32H36N6O7. The van der Waals surface area contributed by atoms with E-state index in [0.29, 0.717) is 17.1 Å². The Morgan fingerprint density at radius 2 is 1.78 bits per heavy atom. The molecule has 2 aromatic carbocycles. The number of rotatable bonds is 13. The fraction of sp³-hybridized carbons (Fsp3) is 0.312. The van der Waals surface area contributed by atoms with Crippen molar-refractivity contribution < 1.29 is 33.5 Å². The number of aryl methyl sites for hydroxylation is 2. The van der Waals surface area contributed by atoms with Crippen LogP contribution >= 0.6 is 0 Å². The van der Waals surface area contributed by atoms with Crippen molar-refractivity contribution in [3.8, 4) is 11.8 Å². The van der Waals surface area contributed by atoms with E-state index >= 15 is 0 Å². The fourth-order valence-electron chi connectivity index (χ4n) is 3.98. The van der Waals surface area contributed by atoms with Crippen molar-refractivity contribution in [1.29, 1.82) is 5.26 Å². The zero-order valence-electron chi connectivity index (χ0n) is 25.7. The number of ether oxygens (including phenoxy) is 1. The SMILES string of the molecule is Cc1ccc(CNC(=O)[C@H](COc2cccc(C=C(C#N)C(=O)N(C)C)c2)NC(=O)[C@@H](NC(=O)c2cc(C)on2)[C@@H](C)O)cc1. The summed E-state index contributed by atoms with van der Waals surface area (Å²) >= 11 is 0. The van der Waals surface area contributed by atoms with E-state index in [1.54, 1.807) is 31.2 Å². The van der Waals surface area contributed by atoms with Gasteiger partial charge in [0.05, 0.1) is 6.10 Å². The molecule has 4 amide bonds. The van der Waals surface area contributed by atoms with Gasteiger partial charge in [0.15, 0.2) is 5.69 Å². The molecule has 3 aromatic rings. The Morgan fingerprint density at radius 3 is 2.38 bits per heavy atom. The van der Waals surface area contributed by atoms with Gasteiger partial charge in [-0.2, -0.15) is 5.26 Å². The molecule has 0 aliphatic carbocycles. The fourth-order valence-corrected chi connectivity index (χ4v) is 3.98. The number of likely N-dealkylation sites (N-methyl/N-ethyl adjacent to an activating group) is 1. The Bertz CT molecular complexity index is 1590. The molecule has 0 spiro atoms. The van der Waals surface area contributed by atoms with Crippen molar-refractivity contribution in [3.63, 3.8) is 0 Å². The molecule has 13 nitrogen and oxygen atoms in total. The van der Waals surface area contributed by atoms with E-state index in [4.69, 9.17) is 9.26 Å². The van der Waals surface area contributed by atoms with Gasteiger partial charge in [0.25, 0.3) is 11.8 Å². The number of aliphatic hydroxyl groups is 1. The molecule has 45 heavy (non-hydrogen) atoms. The number of aliphatic hydroxyl groups excluding tert-OH is 1. The van der Waals surface area contributed by atoms with Gasteiger partial charge < -0.3 is 35.2 Å². The van der Waals surface area contributed by atoms with Crippen LogP contribution in [-0.4, -0.2) is 77.7 Å². The normalized spacial score (nSPS) is 13.0. The summed E-state index contributed by atoms with van der Waals surface area (Å²) in [6.45, 7) is 4.70. The van der Waals surface area contributed by atoms with Gasteiger partial charge in [-0.05, 0) is 50.1 Å². The number of hydrogen-bond donors (Lipinski definition) is 4. The summed E-state index contributed by atoms with van der Waals surface area (Å²) in [6.07, 6.45) is 0.0801. The summed E-state index contributed by atoms with van der Waals surface area (Å²) in [7, 11) is 3.07. The summed E-state index contributed by atoms with van der Waals surface area (Å²) in [6, 6.07) is 14.6. The van der Waals surface area contributed by atoms with E-state index < -0.39 is 41.8 Å². The Kier molecular flexibility index (Phi) is 12.0. The maximum Gasteiger partial charge on any atom is 0.274 e. The quantitative estimate of drug-likeness (QED) is 0.164. The number of nitrogens with zero attached hydrogens (tertiary/aromatic N) is 3. The number of nitrogens with one attached hydrogen (secondary N) is 3. The molecule has 1 heterocycles. The second-order valence-electron chi connectivity index (χ2n) is 10.5. The maximum absolute atomic E-state index is 13.3. The van der Waals surface area contributed by atoms with E-state index in [0.717, 1.165) is 11.1 Å². The molecule has 0 aliphatic rings. The number of nitriles is 1. The molecular weight excluding hydrogens is 580 g/mol. The molecule has 236 valence electrons. The molecule has 3 rings (SSSR count). The molecule has 0 radical (unpaired) electrons. The smallest absolute Gasteiger partial charge is 0.274 e. The van der Waals surface area contributed by atoms with Gasteiger partial charge in [-0.1, -0.05) is 47.1 Å². The lowest BCUT2D eigenvalue weighted by Gasteiger charge is -2.24. The number of aromatic nitrogens is 1. The topological polar surface area (TPSA) is 187 Å². The highest BCUT2D eigenvalue weighted by Gasteiger charge is 2.31. The average Bonchev–Trinajstić information content (AvgIpc) is 3.45. The Balaban J connectivity index is 1.79. The first kappa shape index (κ1) is 34.0. The van der Waals surface area contributed by atoms with Gasteiger partial charge in [0.2, 0.25) is 11.8 Å². The van der Waals surface area contributed by atoms with Crippen LogP contribution in [0, 0.1) is 25.2 Å². The van der Waals surface area contributed by atoms with E-state index in [9.17, 15) is 29.5 Å². The average molecular weight is 617 g/mol. The van der Waals surface area contributed by atoms with Gasteiger partial charge in [0.1, 0.15) is 41.8 Å². The summed E-state index contributed by atoms with van der Waals surface area (Å²) in [4.78, 5) is 52.7. The van der Waals surface area contributed by atoms with Crippen molar-refractivity contribution in [2.45, 2.75) is 45.5 Å². The molecule has 4 N–H and O–H groups in total. The van der Waals surface area contributed by atoms with Crippen LogP contribution in [0.1, 0.15) is 39.9 Å². The van der Waals surface area contributed by atoms with Crippen LogP contribution in [0.15, 0.2) is 64.7 Å². The zero-order valence-corrected chi connectivity index (χ0v) is 25.7. The Morgan fingerprint density at radius 1 is 1.07 bits per heavy atom. The van der Waals surface area contributed by atoms with E-state index in [1.807, 2.05) is 37.3 Å². The van der Waals surface area contributed by atoms with Crippen LogP contribution in [-0.2, 0) is 20.9 Å².